The lowest BCUT2D eigenvalue weighted by Gasteiger charge is -2.10. The maximum absolute atomic E-state index is 12.4. The Kier molecular flexibility index (Phi) is 4.36. The molecule has 4 heteroatoms. The van der Waals surface area contributed by atoms with Crippen molar-refractivity contribution in [2.24, 2.45) is 0 Å². The van der Waals surface area contributed by atoms with Crippen molar-refractivity contribution in [1.29, 1.82) is 0 Å². The second kappa shape index (κ2) is 6.95. The monoisotopic (exact) mass is 346 g/mol. The SMILES string of the molecule is O=C(CCc1c[nH]c2ccccc12)Nc1ccccc1-c1cccs1. The quantitative estimate of drug-likeness (QED) is 0.494. The molecule has 25 heavy (non-hydrogen) atoms. The maximum Gasteiger partial charge on any atom is 0.224 e. The first kappa shape index (κ1) is 15.7. The van der Waals surface area contributed by atoms with E-state index in [4.69, 9.17) is 0 Å². The standard InChI is InChI=1S/C21H18N2OS/c24-21(12-11-15-14-22-18-8-3-1-6-16(15)18)23-19-9-4-2-7-17(19)20-10-5-13-25-20/h1-10,13-14,22H,11-12H2,(H,23,24). The average Bonchev–Trinajstić information content (AvgIpc) is 3.30. The Morgan fingerprint density at radius 1 is 1.00 bits per heavy atom. The van der Waals surface area contributed by atoms with E-state index < -0.39 is 0 Å². The Hall–Kier alpha value is -2.85. The minimum Gasteiger partial charge on any atom is -0.361 e. The summed E-state index contributed by atoms with van der Waals surface area (Å²) in [7, 11) is 0. The summed E-state index contributed by atoms with van der Waals surface area (Å²) in [4.78, 5) is 16.9. The molecule has 0 saturated heterocycles. The smallest absolute Gasteiger partial charge is 0.224 e. The summed E-state index contributed by atoms with van der Waals surface area (Å²) in [6.07, 6.45) is 3.18. The number of H-pyrrole nitrogens is 1. The normalized spacial score (nSPS) is 10.9. The van der Waals surface area contributed by atoms with Gasteiger partial charge in [0.2, 0.25) is 5.91 Å². The number of hydrogen-bond acceptors (Lipinski definition) is 2. The fourth-order valence-corrected chi connectivity index (χ4v) is 3.80. The highest BCUT2D eigenvalue weighted by Gasteiger charge is 2.10. The number of amides is 1. The van der Waals surface area contributed by atoms with E-state index in [1.807, 2.05) is 54.0 Å². The van der Waals surface area contributed by atoms with Gasteiger partial charge in [-0.05, 0) is 35.6 Å². The largest absolute Gasteiger partial charge is 0.361 e. The number of anilines is 1. The molecule has 0 saturated carbocycles. The fraction of sp³-hybridized carbons (Fsp3) is 0.0952. The molecule has 0 radical (unpaired) electrons. The first-order chi connectivity index (χ1) is 12.3. The molecule has 0 bridgehead atoms. The summed E-state index contributed by atoms with van der Waals surface area (Å²) in [5.74, 6) is 0.0364. The summed E-state index contributed by atoms with van der Waals surface area (Å²) in [5.41, 5.74) is 4.23. The van der Waals surface area contributed by atoms with Gasteiger partial charge in [0.05, 0.1) is 0 Å². The molecular formula is C21H18N2OS. The van der Waals surface area contributed by atoms with Gasteiger partial charge in [-0.2, -0.15) is 0 Å². The second-order valence-corrected chi connectivity index (χ2v) is 6.88. The topological polar surface area (TPSA) is 44.9 Å². The van der Waals surface area contributed by atoms with Crippen molar-refractivity contribution in [2.75, 3.05) is 5.32 Å². The zero-order chi connectivity index (χ0) is 17.1. The number of rotatable bonds is 5. The Balaban J connectivity index is 1.46. The lowest BCUT2D eigenvalue weighted by atomic mass is 10.1. The molecule has 124 valence electrons. The summed E-state index contributed by atoms with van der Waals surface area (Å²) >= 11 is 1.67. The highest BCUT2D eigenvalue weighted by Crippen LogP contribution is 2.31. The minimum atomic E-state index is 0.0364. The number of nitrogens with one attached hydrogen (secondary N) is 2. The molecule has 0 fully saturated rings. The molecule has 2 aromatic heterocycles. The molecule has 2 N–H and O–H groups in total. The Labute approximate surface area is 150 Å². The third-order valence-electron chi connectivity index (χ3n) is 4.28. The van der Waals surface area contributed by atoms with Crippen molar-refractivity contribution in [1.82, 2.24) is 4.98 Å². The van der Waals surface area contributed by atoms with Gasteiger partial charge in [-0.3, -0.25) is 4.79 Å². The van der Waals surface area contributed by atoms with Crippen LogP contribution in [0.3, 0.4) is 0 Å². The van der Waals surface area contributed by atoms with Gasteiger partial charge in [0.25, 0.3) is 0 Å². The molecule has 2 heterocycles. The number of thiophene rings is 1. The van der Waals surface area contributed by atoms with Crippen LogP contribution in [0.5, 0.6) is 0 Å². The fourth-order valence-electron chi connectivity index (χ4n) is 3.04. The van der Waals surface area contributed by atoms with Gasteiger partial charge in [0, 0.05) is 39.6 Å². The number of hydrogen-bond donors (Lipinski definition) is 2. The van der Waals surface area contributed by atoms with E-state index >= 15 is 0 Å². The third kappa shape index (κ3) is 3.35. The zero-order valence-corrected chi connectivity index (χ0v) is 14.5. The highest BCUT2D eigenvalue weighted by atomic mass is 32.1. The van der Waals surface area contributed by atoms with Crippen molar-refractivity contribution in [3.05, 3.63) is 77.8 Å². The molecule has 0 aliphatic rings. The summed E-state index contributed by atoms with van der Waals surface area (Å²) in [6, 6.07) is 20.2. The highest BCUT2D eigenvalue weighted by molar-refractivity contribution is 7.13. The second-order valence-electron chi connectivity index (χ2n) is 5.93. The van der Waals surface area contributed by atoms with Crippen LogP contribution in [0.4, 0.5) is 5.69 Å². The van der Waals surface area contributed by atoms with E-state index in [1.165, 1.54) is 10.9 Å². The van der Waals surface area contributed by atoms with Crippen molar-refractivity contribution in [3.8, 4) is 10.4 Å². The van der Waals surface area contributed by atoms with Crippen LogP contribution in [0.25, 0.3) is 21.3 Å². The van der Waals surface area contributed by atoms with E-state index in [-0.39, 0.29) is 5.91 Å². The lowest BCUT2D eigenvalue weighted by molar-refractivity contribution is -0.116. The number of aromatic amines is 1. The van der Waals surface area contributed by atoms with Gasteiger partial charge in [-0.25, -0.2) is 0 Å². The number of fused-ring (bicyclic) bond motifs is 1. The Morgan fingerprint density at radius 2 is 1.84 bits per heavy atom. The van der Waals surface area contributed by atoms with Gasteiger partial charge >= 0.3 is 0 Å². The van der Waals surface area contributed by atoms with Crippen LogP contribution in [0, 0.1) is 0 Å². The van der Waals surface area contributed by atoms with Crippen molar-refractivity contribution in [3.63, 3.8) is 0 Å². The Bertz CT molecular complexity index is 1000. The van der Waals surface area contributed by atoms with Crippen LogP contribution in [-0.4, -0.2) is 10.9 Å². The summed E-state index contributed by atoms with van der Waals surface area (Å²) in [5, 5.41) is 6.30. The van der Waals surface area contributed by atoms with Crippen LogP contribution < -0.4 is 5.32 Å². The molecule has 4 rings (SSSR count). The molecule has 4 aromatic rings. The van der Waals surface area contributed by atoms with E-state index in [2.05, 4.69) is 28.5 Å². The number of para-hydroxylation sites is 2. The Morgan fingerprint density at radius 3 is 2.72 bits per heavy atom. The summed E-state index contributed by atoms with van der Waals surface area (Å²) < 4.78 is 0. The van der Waals surface area contributed by atoms with E-state index in [1.54, 1.807) is 11.3 Å². The van der Waals surface area contributed by atoms with Gasteiger partial charge in [-0.1, -0.05) is 42.5 Å². The van der Waals surface area contributed by atoms with Gasteiger partial charge < -0.3 is 10.3 Å². The number of carbonyl (C=O) groups excluding carboxylic acids is 1. The average molecular weight is 346 g/mol. The number of aromatic nitrogens is 1. The number of benzene rings is 2. The lowest BCUT2D eigenvalue weighted by Crippen LogP contribution is -2.12. The maximum atomic E-state index is 12.4. The van der Waals surface area contributed by atoms with Crippen molar-refractivity contribution >= 4 is 33.8 Å². The van der Waals surface area contributed by atoms with E-state index in [0.717, 1.165) is 28.1 Å². The van der Waals surface area contributed by atoms with Gasteiger partial charge in [-0.15, -0.1) is 11.3 Å². The van der Waals surface area contributed by atoms with Crippen LogP contribution in [-0.2, 0) is 11.2 Å². The predicted molar refractivity (Wildman–Crippen MR) is 105 cm³/mol. The predicted octanol–water partition coefficient (Wildman–Crippen LogP) is 5.47. The van der Waals surface area contributed by atoms with Crippen molar-refractivity contribution in [2.45, 2.75) is 12.8 Å². The molecule has 0 unspecified atom stereocenters. The molecule has 1 amide bonds. The molecular weight excluding hydrogens is 328 g/mol. The molecule has 2 aromatic carbocycles. The molecule has 0 atom stereocenters. The van der Waals surface area contributed by atoms with Crippen LogP contribution >= 0.6 is 11.3 Å². The first-order valence-corrected chi connectivity index (χ1v) is 9.17. The molecule has 0 aliphatic carbocycles. The van der Waals surface area contributed by atoms with Crippen LogP contribution in [0.1, 0.15) is 12.0 Å². The molecule has 3 nitrogen and oxygen atoms in total. The van der Waals surface area contributed by atoms with Crippen LogP contribution in [0.15, 0.2) is 72.2 Å². The van der Waals surface area contributed by atoms with Crippen LogP contribution in [0.2, 0.25) is 0 Å². The zero-order valence-electron chi connectivity index (χ0n) is 13.7. The first-order valence-electron chi connectivity index (χ1n) is 8.29. The summed E-state index contributed by atoms with van der Waals surface area (Å²) in [6.45, 7) is 0. The third-order valence-corrected chi connectivity index (χ3v) is 5.19. The minimum absolute atomic E-state index is 0.0364. The van der Waals surface area contributed by atoms with E-state index in [9.17, 15) is 4.79 Å². The van der Waals surface area contributed by atoms with Gasteiger partial charge in [0.15, 0.2) is 0 Å². The number of aryl methyl sites for hydroxylation is 1. The van der Waals surface area contributed by atoms with E-state index in [0.29, 0.717) is 6.42 Å². The molecule has 0 aliphatic heterocycles. The van der Waals surface area contributed by atoms with Gasteiger partial charge in [0.1, 0.15) is 0 Å². The number of carbonyl (C=O) groups is 1. The van der Waals surface area contributed by atoms with Crippen molar-refractivity contribution < 1.29 is 4.79 Å². The molecule has 0 spiro atoms.